The Balaban J connectivity index is 1.83. The Labute approximate surface area is 135 Å². The van der Waals surface area contributed by atoms with Crippen LogP contribution in [-0.4, -0.2) is 37.1 Å². The van der Waals surface area contributed by atoms with Crippen LogP contribution in [-0.2, 0) is 21.2 Å². The standard InChI is InChI=1S/C16H21N3O3S/c1-2-23(21,22)19-15(16(20)18-12-7-8-12)9-11-10-17-14-6-4-3-5-13(11)14/h3-6,10,12,15,17,19H,2,7-9H2,1H3,(H,18,20)/t15-/m0/s1. The van der Waals surface area contributed by atoms with Gasteiger partial charge in [-0.2, -0.15) is 0 Å². The maximum Gasteiger partial charge on any atom is 0.238 e. The molecule has 0 saturated heterocycles. The number of hydrogen-bond donors (Lipinski definition) is 3. The molecule has 1 amide bonds. The van der Waals surface area contributed by atoms with Crippen LogP contribution in [0.5, 0.6) is 0 Å². The van der Waals surface area contributed by atoms with Crippen LogP contribution in [0, 0.1) is 0 Å². The Morgan fingerprint density at radius 2 is 2.09 bits per heavy atom. The summed E-state index contributed by atoms with van der Waals surface area (Å²) in [6, 6.07) is 7.17. The van der Waals surface area contributed by atoms with Crippen molar-refractivity contribution in [1.82, 2.24) is 15.0 Å². The molecule has 1 atom stereocenters. The molecule has 1 saturated carbocycles. The van der Waals surface area contributed by atoms with Gasteiger partial charge in [-0.05, 0) is 37.8 Å². The fourth-order valence-electron chi connectivity index (χ4n) is 2.54. The van der Waals surface area contributed by atoms with Gasteiger partial charge >= 0.3 is 0 Å². The monoisotopic (exact) mass is 335 g/mol. The highest BCUT2D eigenvalue weighted by atomic mass is 32.2. The van der Waals surface area contributed by atoms with Crippen molar-refractivity contribution in [3.05, 3.63) is 36.0 Å². The summed E-state index contributed by atoms with van der Waals surface area (Å²) in [4.78, 5) is 15.6. The van der Waals surface area contributed by atoms with E-state index in [4.69, 9.17) is 0 Å². The van der Waals surface area contributed by atoms with Gasteiger partial charge in [0.25, 0.3) is 0 Å². The molecule has 2 aromatic rings. The lowest BCUT2D eigenvalue weighted by atomic mass is 10.1. The Bertz CT molecular complexity index is 809. The van der Waals surface area contributed by atoms with Gasteiger partial charge in [-0.1, -0.05) is 18.2 Å². The van der Waals surface area contributed by atoms with Crippen LogP contribution < -0.4 is 10.0 Å². The van der Waals surface area contributed by atoms with Gasteiger partial charge in [0.05, 0.1) is 5.75 Å². The Kier molecular flexibility index (Phi) is 4.41. The Morgan fingerprint density at radius 1 is 1.35 bits per heavy atom. The summed E-state index contributed by atoms with van der Waals surface area (Å²) in [5, 5.41) is 3.89. The van der Waals surface area contributed by atoms with E-state index in [0.29, 0.717) is 6.42 Å². The summed E-state index contributed by atoms with van der Waals surface area (Å²) in [5.41, 5.74) is 1.90. The van der Waals surface area contributed by atoms with Crippen molar-refractivity contribution in [3.63, 3.8) is 0 Å². The molecule has 1 aliphatic carbocycles. The minimum absolute atomic E-state index is 0.0475. The van der Waals surface area contributed by atoms with E-state index in [2.05, 4.69) is 15.0 Å². The van der Waals surface area contributed by atoms with Crippen molar-refractivity contribution < 1.29 is 13.2 Å². The molecule has 1 heterocycles. The maximum absolute atomic E-state index is 12.4. The van der Waals surface area contributed by atoms with Crippen LogP contribution in [0.1, 0.15) is 25.3 Å². The van der Waals surface area contributed by atoms with Crippen molar-refractivity contribution in [3.8, 4) is 0 Å². The molecule has 0 aliphatic heterocycles. The molecule has 124 valence electrons. The number of rotatable bonds is 7. The molecule has 7 heteroatoms. The lowest BCUT2D eigenvalue weighted by molar-refractivity contribution is -0.122. The maximum atomic E-state index is 12.4. The van der Waals surface area contributed by atoms with Gasteiger partial charge in [-0.15, -0.1) is 0 Å². The van der Waals surface area contributed by atoms with Crippen molar-refractivity contribution >= 4 is 26.8 Å². The summed E-state index contributed by atoms with van der Waals surface area (Å²) in [6.07, 6.45) is 4.09. The molecule has 1 aromatic heterocycles. The summed E-state index contributed by atoms with van der Waals surface area (Å²) >= 11 is 0. The number of sulfonamides is 1. The van der Waals surface area contributed by atoms with Gasteiger partial charge in [0.2, 0.25) is 15.9 Å². The Hall–Kier alpha value is -1.86. The lowest BCUT2D eigenvalue weighted by Crippen LogP contribution is -2.48. The number of amides is 1. The predicted molar refractivity (Wildman–Crippen MR) is 89.6 cm³/mol. The highest BCUT2D eigenvalue weighted by Crippen LogP contribution is 2.21. The van der Waals surface area contributed by atoms with Crippen molar-refractivity contribution in [1.29, 1.82) is 0 Å². The summed E-state index contributed by atoms with van der Waals surface area (Å²) in [6.45, 7) is 1.56. The number of benzene rings is 1. The third kappa shape index (κ3) is 3.92. The number of aromatic amines is 1. The normalized spacial score (nSPS) is 16.4. The molecule has 0 radical (unpaired) electrons. The average Bonchev–Trinajstić information content (AvgIpc) is 3.26. The first-order chi connectivity index (χ1) is 11.0. The molecule has 0 unspecified atom stereocenters. The first-order valence-corrected chi connectivity index (χ1v) is 9.49. The number of hydrogen-bond acceptors (Lipinski definition) is 3. The minimum Gasteiger partial charge on any atom is -0.361 e. The molecule has 0 spiro atoms. The topological polar surface area (TPSA) is 91.1 Å². The van der Waals surface area contributed by atoms with Crippen LogP contribution >= 0.6 is 0 Å². The number of aromatic nitrogens is 1. The van der Waals surface area contributed by atoms with Gasteiger partial charge in [-0.25, -0.2) is 13.1 Å². The Morgan fingerprint density at radius 3 is 2.78 bits per heavy atom. The number of H-pyrrole nitrogens is 1. The summed E-state index contributed by atoms with van der Waals surface area (Å²) in [5.74, 6) is -0.302. The first kappa shape index (κ1) is 16.0. The smallest absolute Gasteiger partial charge is 0.238 e. The molecule has 6 nitrogen and oxygen atoms in total. The number of nitrogens with one attached hydrogen (secondary N) is 3. The second-order valence-electron chi connectivity index (χ2n) is 5.92. The summed E-state index contributed by atoms with van der Waals surface area (Å²) < 4.78 is 26.3. The fraction of sp³-hybridized carbons (Fsp3) is 0.438. The molecule has 3 rings (SSSR count). The van der Waals surface area contributed by atoms with E-state index in [1.165, 1.54) is 0 Å². The SMILES string of the molecule is CCS(=O)(=O)N[C@@H](Cc1c[nH]c2ccccc12)C(=O)NC1CC1. The van der Waals surface area contributed by atoms with Gasteiger partial charge in [0.1, 0.15) is 6.04 Å². The van der Waals surface area contributed by atoms with Crippen LogP contribution in [0.4, 0.5) is 0 Å². The molecular formula is C16H21N3O3S. The highest BCUT2D eigenvalue weighted by Gasteiger charge is 2.30. The number of carbonyl (C=O) groups excluding carboxylic acids is 1. The minimum atomic E-state index is -3.46. The molecule has 1 fully saturated rings. The van der Waals surface area contributed by atoms with E-state index >= 15 is 0 Å². The molecule has 3 N–H and O–H groups in total. The van der Waals surface area contributed by atoms with Gasteiger partial charge in [0, 0.05) is 23.1 Å². The zero-order valence-corrected chi connectivity index (χ0v) is 13.8. The van der Waals surface area contributed by atoms with Gasteiger partial charge in [0.15, 0.2) is 0 Å². The molecule has 0 bridgehead atoms. The second-order valence-corrected chi connectivity index (χ2v) is 7.96. The van der Waals surface area contributed by atoms with E-state index in [9.17, 15) is 13.2 Å². The molecule has 1 aromatic carbocycles. The quantitative estimate of drug-likeness (QED) is 0.712. The predicted octanol–water partition coefficient (Wildman–Crippen LogP) is 1.30. The van der Waals surface area contributed by atoms with Crippen molar-refractivity contribution in [2.45, 2.75) is 38.3 Å². The van der Waals surface area contributed by atoms with E-state index in [0.717, 1.165) is 29.3 Å². The van der Waals surface area contributed by atoms with E-state index < -0.39 is 16.1 Å². The van der Waals surface area contributed by atoms with Crippen LogP contribution in [0.25, 0.3) is 10.9 Å². The van der Waals surface area contributed by atoms with E-state index in [1.807, 2.05) is 30.5 Å². The van der Waals surface area contributed by atoms with Gasteiger partial charge in [-0.3, -0.25) is 4.79 Å². The molecule has 1 aliphatic rings. The fourth-order valence-corrected chi connectivity index (χ4v) is 3.33. The van der Waals surface area contributed by atoms with Crippen molar-refractivity contribution in [2.75, 3.05) is 5.75 Å². The van der Waals surface area contributed by atoms with E-state index in [-0.39, 0.29) is 17.7 Å². The van der Waals surface area contributed by atoms with Crippen LogP contribution in [0.2, 0.25) is 0 Å². The largest absolute Gasteiger partial charge is 0.361 e. The zero-order valence-electron chi connectivity index (χ0n) is 13.0. The third-order valence-electron chi connectivity index (χ3n) is 4.04. The number of carbonyl (C=O) groups is 1. The first-order valence-electron chi connectivity index (χ1n) is 7.84. The number of fused-ring (bicyclic) bond motifs is 1. The lowest BCUT2D eigenvalue weighted by Gasteiger charge is -2.17. The van der Waals surface area contributed by atoms with Crippen LogP contribution in [0.15, 0.2) is 30.5 Å². The summed E-state index contributed by atoms with van der Waals surface area (Å²) in [7, 11) is -3.46. The second kappa shape index (κ2) is 6.33. The highest BCUT2D eigenvalue weighted by molar-refractivity contribution is 7.89. The van der Waals surface area contributed by atoms with E-state index in [1.54, 1.807) is 6.92 Å². The molecule has 23 heavy (non-hydrogen) atoms. The van der Waals surface area contributed by atoms with Crippen molar-refractivity contribution in [2.24, 2.45) is 0 Å². The zero-order chi connectivity index (χ0) is 16.4. The van der Waals surface area contributed by atoms with Gasteiger partial charge < -0.3 is 10.3 Å². The average molecular weight is 335 g/mol. The molecular weight excluding hydrogens is 314 g/mol. The number of para-hydroxylation sites is 1. The van der Waals surface area contributed by atoms with Crippen LogP contribution in [0.3, 0.4) is 0 Å². The third-order valence-corrected chi connectivity index (χ3v) is 5.44.